The fraction of sp³-hybridized carbons (Fsp3) is 0.176. The lowest BCUT2D eigenvalue weighted by Gasteiger charge is -2.11. The molecule has 0 saturated heterocycles. The van der Waals surface area contributed by atoms with Crippen LogP contribution < -0.4 is 10.6 Å². The van der Waals surface area contributed by atoms with E-state index >= 15 is 0 Å². The smallest absolute Gasteiger partial charge is 0.315 e. The van der Waals surface area contributed by atoms with Gasteiger partial charge < -0.3 is 20.2 Å². The van der Waals surface area contributed by atoms with Crippen LogP contribution in [0.3, 0.4) is 0 Å². The van der Waals surface area contributed by atoms with Crippen molar-refractivity contribution >= 4 is 6.03 Å². The molecule has 0 saturated carbocycles. The molecule has 2 aromatic heterocycles. The Hall–Kier alpha value is -3.06. The normalized spacial score (nSPS) is 11.9. The van der Waals surface area contributed by atoms with E-state index in [1.54, 1.807) is 23.0 Å². The molecule has 1 aromatic carbocycles. The highest BCUT2D eigenvalue weighted by molar-refractivity contribution is 5.73. The van der Waals surface area contributed by atoms with E-state index in [1.165, 1.54) is 6.26 Å². The zero-order valence-corrected chi connectivity index (χ0v) is 12.9. The summed E-state index contributed by atoms with van der Waals surface area (Å²) >= 11 is 0. The minimum atomic E-state index is -0.862. The van der Waals surface area contributed by atoms with Gasteiger partial charge >= 0.3 is 6.03 Å². The topological polar surface area (TPSA) is 92.3 Å². The molecule has 2 amide bonds. The van der Waals surface area contributed by atoms with Crippen molar-refractivity contribution in [2.75, 3.05) is 6.54 Å². The van der Waals surface area contributed by atoms with Crippen LogP contribution >= 0.6 is 0 Å². The van der Waals surface area contributed by atoms with E-state index in [2.05, 4.69) is 15.7 Å². The average molecular weight is 326 g/mol. The van der Waals surface area contributed by atoms with Gasteiger partial charge in [0.2, 0.25) is 0 Å². The van der Waals surface area contributed by atoms with Crippen LogP contribution in [0.4, 0.5) is 4.79 Å². The molecule has 1 atom stereocenters. The van der Waals surface area contributed by atoms with E-state index in [4.69, 9.17) is 4.42 Å². The molecule has 3 rings (SSSR count). The summed E-state index contributed by atoms with van der Waals surface area (Å²) in [6.45, 7) is 0.472. The van der Waals surface area contributed by atoms with Crippen LogP contribution in [0, 0.1) is 0 Å². The third kappa shape index (κ3) is 4.02. The van der Waals surface area contributed by atoms with Crippen molar-refractivity contribution in [3.8, 4) is 5.69 Å². The quantitative estimate of drug-likeness (QED) is 0.646. The maximum Gasteiger partial charge on any atom is 0.315 e. The Bertz CT molecular complexity index is 752. The van der Waals surface area contributed by atoms with Gasteiger partial charge in [-0.3, -0.25) is 0 Å². The van der Waals surface area contributed by atoms with Crippen molar-refractivity contribution < 1.29 is 14.3 Å². The van der Waals surface area contributed by atoms with E-state index in [-0.39, 0.29) is 12.6 Å². The van der Waals surface area contributed by atoms with Gasteiger partial charge in [0.25, 0.3) is 0 Å². The monoisotopic (exact) mass is 326 g/mol. The summed E-state index contributed by atoms with van der Waals surface area (Å²) in [7, 11) is 0. The fourth-order valence-electron chi connectivity index (χ4n) is 2.20. The summed E-state index contributed by atoms with van der Waals surface area (Å²) in [6.07, 6.45) is 4.20. The zero-order chi connectivity index (χ0) is 16.8. The van der Waals surface area contributed by atoms with E-state index in [0.29, 0.717) is 12.3 Å². The number of amides is 2. The van der Waals surface area contributed by atoms with Gasteiger partial charge in [-0.15, -0.1) is 0 Å². The van der Waals surface area contributed by atoms with Gasteiger partial charge in [0, 0.05) is 18.9 Å². The highest BCUT2D eigenvalue weighted by atomic mass is 16.4. The molecular weight excluding hydrogens is 308 g/mol. The number of aliphatic hydroxyl groups is 1. The molecule has 0 aliphatic rings. The Morgan fingerprint density at radius 1 is 1.21 bits per heavy atom. The SMILES string of the molecule is O=C(NCc1ccc(-n2cccn2)cc1)NCC(O)c1ccco1. The lowest BCUT2D eigenvalue weighted by atomic mass is 10.2. The molecule has 0 spiro atoms. The third-order valence-electron chi connectivity index (χ3n) is 3.49. The number of carbonyl (C=O) groups is 1. The van der Waals surface area contributed by atoms with Crippen molar-refractivity contribution in [2.24, 2.45) is 0 Å². The Balaban J connectivity index is 1.44. The van der Waals surface area contributed by atoms with Crippen molar-refractivity contribution in [1.29, 1.82) is 0 Å². The highest BCUT2D eigenvalue weighted by Crippen LogP contribution is 2.11. The molecule has 2 heterocycles. The van der Waals surface area contributed by atoms with Crippen LogP contribution in [0.2, 0.25) is 0 Å². The first-order valence-corrected chi connectivity index (χ1v) is 7.54. The Labute approximate surface area is 138 Å². The van der Waals surface area contributed by atoms with Crippen molar-refractivity contribution in [3.05, 3.63) is 72.4 Å². The number of aromatic nitrogens is 2. The van der Waals surface area contributed by atoms with E-state index < -0.39 is 6.10 Å². The van der Waals surface area contributed by atoms with Crippen LogP contribution in [-0.2, 0) is 6.54 Å². The molecule has 24 heavy (non-hydrogen) atoms. The summed E-state index contributed by atoms with van der Waals surface area (Å²) in [5.41, 5.74) is 1.92. The molecule has 124 valence electrons. The van der Waals surface area contributed by atoms with Gasteiger partial charge in [0.05, 0.1) is 18.5 Å². The number of hydrogen-bond donors (Lipinski definition) is 3. The van der Waals surface area contributed by atoms with Crippen LogP contribution in [0.5, 0.6) is 0 Å². The first-order chi connectivity index (χ1) is 11.7. The number of furan rings is 1. The van der Waals surface area contributed by atoms with E-state index in [9.17, 15) is 9.90 Å². The zero-order valence-electron chi connectivity index (χ0n) is 12.9. The maximum atomic E-state index is 11.8. The van der Waals surface area contributed by atoms with Crippen LogP contribution in [0.1, 0.15) is 17.4 Å². The molecule has 1 unspecified atom stereocenters. The van der Waals surface area contributed by atoms with Crippen LogP contribution in [-0.4, -0.2) is 27.5 Å². The molecular formula is C17H18N4O3. The Kier molecular flexibility index (Phi) is 4.93. The molecule has 3 aromatic rings. The largest absolute Gasteiger partial charge is 0.467 e. The molecule has 0 aliphatic carbocycles. The Morgan fingerprint density at radius 2 is 2.04 bits per heavy atom. The number of aliphatic hydroxyl groups excluding tert-OH is 1. The number of benzene rings is 1. The molecule has 0 radical (unpaired) electrons. The number of nitrogens with zero attached hydrogens (tertiary/aromatic N) is 2. The van der Waals surface area contributed by atoms with Gasteiger partial charge in [-0.05, 0) is 35.9 Å². The maximum absolute atomic E-state index is 11.8. The van der Waals surface area contributed by atoms with Gasteiger partial charge in [0.15, 0.2) is 0 Å². The second-order valence-corrected chi connectivity index (χ2v) is 5.21. The van der Waals surface area contributed by atoms with Crippen molar-refractivity contribution in [2.45, 2.75) is 12.6 Å². The summed E-state index contributed by atoms with van der Waals surface area (Å²) < 4.78 is 6.83. The first-order valence-electron chi connectivity index (χ1n) is 7.54. The number of nitrogens with one attached hydrogen (secondary N) is 2. The first kappa shape index (κ1) is 15.8. The van der Waals surface area contributed by atoms with Crippen LogP contribution in [0.25, 0.3) is 5.69 Å². The second-order valence-electron chi connectivity index (χ2n) is 5.21. The van der Waals surface area contributed by atoms with Gasteiger partial charge in [-0.25, -0.2) is 9.48 Å². The molecule has 7 nitrogen and oxygen atoms in total. The minimum absolute atomic E-state index is 0.0809. The van der Waals surface area contributed by atoms with Gasteiger partial charge in [-0.2, -0.15) is 5.10 Å². The van der Waals surface area contributed by atoms with Gasteiger partial charge in [-0.1, -0.05) is 12.1 Å². The molecule has 0 aliphatic heterocycles. The fourth-order valence-corrected chi connectivity index (χ4v) is 2.20. The van der Waals surface area contributed by atoms with Crippen molar-refractivity contribution in [1.82, 2.24) is 20.4 Å². The number of hydrogen-bond acceptors (Lipinski definition) is 4. The predicted octanol–water partition coefficient (Wildman–Crippen LogP) is 2.00. The summed E-state index contributed by atoms with van der Waals surface area (Å²) in [4.78, 5) is 11.8. The van der Waals surface area contributed by atoms with E-state index in [1.807, 2.05) is 36.5 Å². The number of rotatable bonds is 6. The van der Waals surface area contributed by atoms with Crippen LogP contribution in [0.15, 0.2) is 65.5 Å². The lowest BCUT2D eigenvalue weighted by Crippen LogP contribution is -2.37. The van der Waals surface area contributed by atoms with E-state index in [0.717, 1.165) is 11.3 Å². The lowest BCUT2D eigenvalue weighted by molar-refractivity contribution is 0.148. The van der Waals surface area contributed by atoms with Gasteiger partial charge in [0.1, 0.15) is 11.9 Å². The third-order valence-corrected chi connectivity index (χ3v) is 3.49. The molecule has 7 heteroatoms. The predicted molar refractivity (Wildman–Crippen MR) is 87.5 cm³/mol. The standard InChI is InChI=1S/C17H18N4O3/c22-15(16-3-1-10-24-16)12-19-17(23)18-11-13-4-6-14(7-5-13)21-9-2-8-20-21/h1-10,15,22H,11-12H2,(H2,18,19,23). The number of carbonyl (C=O) groups excluding carboxylic acids is 1. The highest BCUT2D eigenvalue weighted by Gasteiger charge is 2.11. The Morgan fingerprint density at radius 3 is 2.71 bits per heavy atom. The number of urea groups is 1. The molecule has 0 bridgehead atoms. The molecule has 0 fully saturated rings. The minimum Gasteiger partial charge on any atom is -0.467 e. The molecule has 3 N–H and O–H groups in total. The summed E-state index contributed by atoms with van der Waals surface area (Å²) in [6, 6.07) is 12.6. The second kappa shape index (κ2) is 7.47. The summed E-state index contributed by atoms with van der Waals surface area (Å²) in [5.74, 6) is 0.421. The van der Waals surface area contributed by atoms with Crippen molar-refractivity contribution in [3.63, 3.8) is 0 Å². The summed E-state index contributed by atoms with van der Waals surface area (Å²) in [5, 5.41) is 19.3. The average Bonchev–Trinajstić information content (AvgIpc) is 3.31.